The van der Waals surface area contributed by atoms with E-state index in [1.54, 1.807) is 0 Å². The molecule has 1 aliphatic carbocycles. The van der Waals surface area contributed by atoms with E-state index in [0.717, 1.165) is 45.0 Å². The summed E-state index contributed by atoms with van der Waals surface area (Å²) >= 11 is 0. The number of hydrogen-bond acceptors (Lipinski definition) is 3. The van der Waals surface area contributed by atoms with Gasteiger partial charge in [0.1, 0.15) is 12.2 Å². The highest BCUT2D eigenvalue weighted by Crippen LogP contribution is 2.44. The van der Waals surface area contributed by atoms with Crippen molar-refractivity contribution in [2.24, 2.45) is 0 Å². The second-order valence-electron chi connectivity index (χ2n) is 9.00. The summed E-state index contributed by atoms with van der Waals surface area (Å²) in [7, 11) is 0. The largest absolute Gasteiger partial charge is 0.257 e. The van der Waals surface area contributed by atoms with Gasteiger partial charge < -0.3 is 0 Å². The Morgan fingerprint density at radius 3 is 1.92 bits per heavy atom. The highest BCUT2D eigenvalue weighted by Gasteiger charge is 2.34. The van der Waals surface area contributed by atoms with Crippen LogP contribution in [0.5, 0.6) is 0 Å². The van der Waals surface area contributed by atoms with Crippen LogP contribution in [0.4, 0.5) is 0 Å². The molecule has 6 heteroatoms. The van der Waals surface area contributed by atoms with Crippen LogP contribution in [0.15, 0.2) is 109 Å². The van der Waals surface area contributed by atoms with Gasteiger partial charge in [0, 0.05) is 27.4 Å². The Balaban J connectivity index is 1.49. The molecule has 2 aromatic heterocycles. The normalized spacial score (nSPS) is 11.6. The molecule has 6 aromatic rings. The van der Waals surface area contributed by atoms with E-state index in [1.807, 2.05) is 16.8 Å². The summed E-state index contributed by atoms with van der Waals surface area (Å²) in [5, 5.41) is 17.5. The fraction of sp³-hybridized carbons (Fsp3) is 0.0667. The van der Waals surface area contributed by atoms with E-state index in [2.05, 4.69) is 112 Å². The number of H-pyrrole nitrogens is 1. The maximum absolute atomic E-state index is 4.83. The van der Waals surface area contributed by atoms with E-state index in [0.29, 0.717) is 13.1 Å². The second-order valence-corrected chi connectivity index (χ2v) is 9.00. The zero-order valence-electron chi connectivity index (χ0n) is 19.5. The van der Waals surface area contributed by atoms with Gasteiger partial charge >= 0.3 is 0 Å². The Morgan fingerprint density at radius 1 is 0.611 bits per heavy atom. The molecule has 172 valence electrons. The molecule has 0 unspecified atom stereocenters. The number of hydrogen-bond donors (Lipinski definition) is 1. The molecular weight excluding hydrogens is 444 g/mol. The van der Waals surface area contributed by atoms with Gasteiger partial charge in [-0.2, -0.15) is 0 Å². The Kier molecular flexibility index (Phi) is 4.81. The summed E-state index contributed by atoms with van der Waals surface area (Å²) in [5.74, 6) is 0. The number of nitrogens with zero attached hydrogens (tertiary/aromatic N) is 5. The zero-order valence-corrected chi connectivity index (χ0v) is 19.5. The fourth-order valence-electron chi connectivity index (χ4n) is 5.10. The quantitative estimate of drug-likeness (QED) is 0.354. The first-order valence-corrected chi connectivity index (χ1v) is 12.1. The molecule has 0 aliphatic heterocycles. The average Bonchev–Trinajstić information content (AvgIpc) is 3.53. The van der Waals surface area contributed by atoms with E-state index < -0.39 is 0 Å². The number of aromatic nitrogens is 6. The van der Waals surface area contributed by atoms with Crippen molar-refractivity contribution in [3.8, 4) is 45.0 Å². The van der Waals surface area contributed by atoms with Crippen LogP contribution in [-0.4, -0.2) is 25.3 Å². The van der Waals surface area contributed by atoms with Gasteiger partial charge in [0.05, 0.1) is 12.2 Å². The van der Waals surface area contributed by atoms with Crippen molar-refractivity contribution in [2.45, 2.75) is 13.1 Å². The van der Waals surface area contributed by atoms with Gasteiger partial charge in [-0.1, -0.05) is 107 Å². The number of nitrogens with one attached hydrogen (secondary N) is 1. The molecule has 36 heavy (non-hydrogen) atoms. The summed E-state index contributed by atoms with van der Waals surface area (Å²) in [4.78, 5) is 0. The van der Waals surface area contributed by atoms with Crippen LogP contribution in [0.3, 0.4) is 0 Å². The fourth-order valence-corrected chi connectivity index (χ4v) is 5.10. The van der Waals surface area contributed by atoms with Crippen LogP contribution < -0.4 is 4.68 Å². The first-order chi connectivity index (χ1) is 17.9. The van der Waals surface area contributed by atoms with Crippen LogP contribution in [0.1, 0.15) is 11.1 Å². The third-order valence-corrected chi connectivity index (χ3v) is 6.75. The molecule has 0 fully saturated rings. The molecule has 6 nitrogen and oxygen atoms in total. The third kappa shape index (κ3) is 3.34. The minimum absolute atomic E-state index is 0.641. The lowest BCUT2D eigenvalue weighted by Crippen LogP contribution is -2.38. The number of rotatable bonds is 4. The molecule has 1 N–H and O–H groups in total. The van der Waals surface area contributed by atoms with Crippen molar-refractivity contribution in [3.05, 3.63) is 120 Å². The van der Waals surface area contributed by atoms with Crippen molar-refractivity contribution in [3.63, 3.8) is 0 Å². The summed E-state index contributed by atoms with van der Waals surface area (Å²) in [6, 6.07) is 37.7. The minimum atomic E-state index is 0.641. The van der Waals surface area contributed by atoms with E-state index in [-0.39, 0.29) is 0 Å². The molecule has 7 rings (SSSR count). The van der Waals surface area contributed by atoms with Crippen molar-refractivity contribution < 1.29 is 4.68 Å². The first-order valence-electron chi connectivity index (χ1n) is 12.1. The SMILES string of the molecule is c1ccc(Cn2nnc3c2-c2ccccc2-c2c(n[nH][n+]2Cc2ccccc2)-c2ccccc2-3)cc1. The van der Waals surface area contributed by atoms with Gasteiger partial charge in [-0.05, 0) is 23.3 Å². The maximum Gasteiger partial charge on any atom is 0.257 e. The van der Waals surface area contributed by atoms with Crippen LogP contribution in [0.25, 0.3) is 45.0 Å². The average molecular weight is 468 g/mol. The first kappa shape index (κ1) is 20.5. The Morgan fingerprint density at radius 2 is 1.19 bits per heavy atom. The van der Waals surface area contributed by atoms with Crippen molar-refractivity contribution in [1.82, 2.24) is 25.3 Å². The van der Waals surface area contributed by atoms with Crippen LogP contribution in [0.2, 0.25) is 0 Å². The standard InChI is InChI=1S/C30H22N6/c1-3-11-21(12-4-1)19-35-29-25-17-9-10-18-26(25)30-28(24-16-8-7-15-23(24)27(29)31-33-35)32-34-36(30)20-22-13-5-2-6-14-22/h1-18H,19-20H2/p+1. The second kappa shape index (κ2) is 8.43. The molecule has 0 radical (unpaired) electrons. The number of aromatic amines is 1. The third-order valence-electron chi connectivity index (χ3n) is 6.75. The molecule has 0 atom stereocenters. The highest BCUT2D eigenvalue weighted by atomic mass is 15.4. The molecule has 0 amide bonds. The van der Waals surface area contributed by atoms with Gasteiger partial charge in [-0.25, -0.2) is 4.68 Å². The van der Waals surface area contributed by atoms with Crippen LogP contribution >= 0.6 is 0 Å². The number of fused-ring (bicyclic) bond motifs is 8. The smallest absolute Gasteiger partial charge is 0.240 e. The molecule has 0 spiro atoms. The van der Waals surface area contributed by atoms with Crippen LogP contribution in [0, 0.1) is 0 Å². The lowest BCUT2D eigenvalue weighted by Gasteiger charge is -2.16. The Labute approximate surface area is 208 Å². The van der Waals surface area contributed by atoms with Gasteiger partial charge in [-0.15, -0.1) is 9.78 Å². The van der Waals surface area contributed by atoms with Gasteiger partial charge in [0.25, 0.3) is 5.69 Å². The molecule has 2 heterocycles. The van der Waals surface area contributed by atoms with Crippen molar-refractivity contribution in [1.29, 1.82) is 0 Å². The monoisotopic (exact) mass is 467 g/mol. The Bertz CT molecular complexity index is 1560. The zero-order chi connectivity index (χ0) is 23.9. The number of benzene rings is 4. The van der Waals surface area contributed by atoms with E-state index >= 15 is 0 Å². The summed E-state index contributed by atoms with van der Waals surface area (Å²) in [5.41, 5.74) is 10.5. The summed E-state index contributed by atoms with van der Waals surface area (Å²) in [6.07, 6.45) is 0. The Hall–Kier alpha value is -4.84. The van der Waals surface area contributed by atoms with Gasteiger partial charge in [0.15, 0.2) is 0 Å². The molecule has 0 saturated carbocycles. The van der Waals surface area contributed by atoms with Gasteiger partial charge in [-0.3, -0.25) is 0 Å². The molecule has 4 aromatic carbocycles. The topological polar surface area (TPSA) is 63.3 Å². The lowest BCUT2D eigenvalue weighted by molar-refractivity contribution is -0.735. The molecule has 0 bridgehead atoms. The minimum Gasteiger partial charge on any atom is -0.240 e. The molecule has 1 aliphatic rings. The molecule has 0 saturated heterocycles. The van der Waals surface area contributed by atoms with Gasteiger partial charge in [0.2, 0.25) is 5.69 Å². The summed E-state index contributed by atoms with van der Waals surface area (Å²) < 4.78 is 4.16. The van der Waals surface area contributed by atoms with E-state index in [9.17, 15) is 0 Å². The predicted molar refractivity (Wildman–Crippen MR) is 139 cm³/mol. The predicted octanol–water partition coefficient (Wildman–Crippen LogP) is 5.37. The molecular formula is C30H23N6+. The highest BCUT2D eigenvalue weighted by molar-refractivity contribution is 5.97. The van der Waals surface area contributed by atoms with E-state index in [1.165, 1.54) is 11.1 Å². The van der Waals surface area contributed by atoms with Crippen LogP contribution in [-0.2, 0) is 13.1 Å². The van der Waals surface area contributed by atoms with Crippen molar-refractivity contribution in [2.75, 3.05) is 0 Å². The van der Waals surface area contributed by atoms with Crippen molar-refractivity contribution >= 4 is 0 Å². The maximum atomic E-state index is 4.83. The lowest BCUT2D eigenvalue weighted by atomic mass is 9.89. The summed E-state index contributed by atoms with van der Waals surface area (Å²) in [6.45, 7) is 1.33. The van der Waals surface area contributed by atoms with E-state index in [4.69, 9.17) is 10.2 Å².